The summed E-state index contributed by atoms with van der Waals surface area (Å²) in [6, 6.07) is 4.56. The number of anilines is 1. The monoisotopic (exact) mass is 274 g/mol. The number of nitro benzene ring substituents is 1. The Bertz CT molecular complexity index is 665. The van der Waals surface area contributed by atoms with Crippen molar-refractivity contribution < 1.29 is 9.66 Å². The van der Waals surface area contributed by atoms with E-state index in [2.05, 4.69) is 9.97 Å². The van der Waals surface area contributed by atoms with Crippen LogP contribution < -0.4 is 10.5 Å². The van der Waals surface area contributed by atoms with Gasteiger partial charge in [0.15, 0.2) is 0 Å². The third-order valence-electron chi connectivity index (χ3n) is 2.74. The van der Waals surface area contributed by atoms with Gasteiger partial charge in [-0.25, -0.2) is 4.98 Å². The summed E-state index contributed by atoms with van der Waals surface area (Å²) < 4.78 is 5.58. The van der Waals surface area contributed by atoms with Gasteiger partial charge in [-0.15, -0.1) is 0 Å². The number of nitrogen functional groups attached to an aromatic ring is 1. The van der Waals surface area contributed by atoms with Crippen LogP contribution in [-0.2, 0) is 0 Å². The molecule has 104 valence electrons. The Kier molecular flexibility index (Phi) is 3.51. The first-order valence-electron chi connectivity index (χ1n) is 5.91. The van der Waals surface area contributed by atoms with Gasteiger partial charge in [0.25, 0.3) is 5.69 Å². The maximum absolute atomic E-state index is 11.0. The number of nitrogens with two attached hydrogens (primary N) is 1. The Morgan fingerprint density at radius 1 is 1.15 bits per heavy atom. The van der Waals surface area contributed by atoms with Crippen molar-refractivity contribution in [3.63, 3.8) is 0 Å². The molecule has 0 bridgehead atoms. The molecule has 0 amide bonds. The largest absolute Gasteiger partial charge is 0.438 e. The Labute approximate surface area is 115 Å². The lowest BCUT2D eigenvalue weighted by Gasteiger charge is -2.09. The fourth-order valence-corrected chi connectivity index (χ4v) is 1.86. The second-order valence-corrected chi connectivity index (χ2v) is 4.44. The molecule has 2 N–H and O–H groups in total. The average molecular weight is 274 g/mol. The van der Waals surface area contributed by atoms with Crippen LogP contribution in [0.4, 0.5) is 11.5 Å². The molecule has 0 unspecified atom stereocenters. The summed E-state index contributed by atoms with van der Waals surface area (Å²) in [6.45, 7) is 5.18. The Morgan fingerprint density at radius 3 is 2.45 bits per heavy atom. The summed E-state index contributed by atoms with van der Waals surface area (Å²) in [7, 11) is 0. The zero-order valence-electron chi connectivity index (χ0n) is 11.4. The van der Waals surface area contributed by atoms with Crippen LogP contribution >= 0.6 is 0 Å². The highest BCUT2D eigenvalue weighted by molar-refractivity contribution is 5.51. The highest BCUT2D eigenvalue weighted by Crippen LogP contribution is 2.31. The van der Waals surface area contributed by atoms with Crippen LogP contribution in [0.25, 0.3) is 0 Å². The van der Waals surface area contributed by atoms with Gasteiger partial charge in [0, 0.05) is 11.6 Å². The predicted molar refractivity (Wildman–Crippen MR) is 73.8 cm³/mol. The molecule has 1 aromatic heterocycles. The number of nitrogens with zero attached hydrogens (tertiary/aromatic N) is 3. The van der Waals surface area contributed by atoms with Gasteiger partial charge in [-0.1, -0.05) is 0 Å². The molecule has 20 heavy (non-hydrogen) atoms. The van der Waals surface area contributed by atoms with Gasteiger partial charge < -0.3 is 10.5 Å². The van der Waals surface area contributed by atoms with Crippen LogP contribution in [0.15, 0.2) is 18.2 Å². The van der Waals surface area contributed by atoms with Crippen molar-refractivity contribution in [2.45, 2.75) is 20.8 Å². The first kappa shape index (κ1) is 13.7. The fourth-order valence-electron chi connectivity index (χ4n) is 1.86. The minimum Gasteiger partial charge on any atom is -0.438 e. The molecular weight excluding hydrogens is 260 g/mol. The Morgan fingerprint density at radius 2 is 1.85 bits per heavy atom. The molecule has 1 heterocycles. The van der Waals surface area contributed by atoms with E-state index in [1.807, 2.05) is 6.92 Å². The molecule has 0 spiro atoms. The summed E-state index contributed by atoms with van der Waals surface area (Å²) in [5.74, 6) is 1.39. The van der Waals surface area contributed by atoms with Crippen molar-refractivity contribution in [2.24, 2.45) is 0 Å². The highest BCUT2D eigenvalue weighted by Gasteiger charge is 2.15. The summed E-state index contributed by atoms with van der Waals surface area (Å²) in [5, 5.41) is 11.0. The first-order chi connectivity index (χ1) is 9.36. The number of aryl methyl sites for hydroxylation is 3. The van der Waals surface area contributed by atoms with E-state index in [9.17, 15) is 10.1 Å². The van der Waals surface area contributed by atoms with Crippen molar-refractivity contribution in [3.8, 4) is 11.6 Å². The predicted octanol–water partition coefficient (Wildman–Crippen LogP) is 2.68. The number of nitro groups is 1. The van der Waals surface area contributed by atoms with Crippen LogP contribution in [0, 0.1) is 30.9 Å². The lowest BCUT2D eigenvalue weighted by atomic mass is 10.1. The van der Waals surface area contributed by atoms with Crippen molar-refractivity contribution in [1.29, 1.82) is 0 Å². The minimum absolute atomic E-state index is 0.00403. The van der Waals surface area contributed by atoms with Gasteiger partial charge in [0.2, 0.25) is 5.88 Å². The number of hydrogen-bond acceptors (Lipinski definition) is 6. The number of hydrogen-bond donors (Lipinski definition) is 1. The third kappa shape index (κ3) is 2.82. The fraction of sp³-hybridized carbons (Fsp3) is 0.231. The molecule has 2 aromatic rings. The molecule has 0 aliphatic heterocycles. The van der Waals surface area contributed by atoms with E-state index >= 15 is 0 Å². The summed E-state index contributed by atoms with van der Waals surface area (Å²) in [4.78, 5) is 18.5. The Hall–Kier alpha value is -2.70. The van der Waals surface area contributed by atoms with Gasteiger partial charge >= 0.3 is 0 Å². The lowest BCUT2D eigenvalue weighted by Crippen LogP contribution is -2.00. The quantitative estimate of drug-likeness (QED) is 0.681. The molecule has 0 fully saturated rings. The van der Waals surface area contributed by atoms with Gasteiger partial charge in [-0.05, 0) is 32.4 Å². The van der Waals surface area contributed by atoms with Gasteiger partial charge in [-0.3, -0.25) is 10.1 Å². The molecule has 7 nitrogen and oxygen atoms in total. The SMILES string of the molecule is Cc1nc(N)cc(Oc2cc([N+](=O)[O-])c(C)cc2C)n1. The normalized spacial score (nSPS) is 10.3. The number of aromatic nitrogens is 2. The van der Waals surface area contributed by atoms with E-state index in [-0.39, 0.29) is 17.4 Å². The van der Waals surface area contributed by atoms with Crippen molar-refractivity contribution in [2.75, 3.05) is 5.73 Å². The highest BCUT2D eigenvalue weighted by atomic mass is 16.6. The standard InChI is InChI=1S/C13H14N4O3/c1-7-4-8(2)11(5-10(7)17(18)19)20-13-6-12(14)15-9(3)16-13/h4-6H,1-3H3,(H2,14,15,16). The van der Waals surface area contributed by atoms with Crippen molar-refractivity contribution in [3.05, 3.63) is 45.3 Å². The van der Waals surface area contributed by atoms with E-state index in [1.54, 1.807) is 19.9 Å². The summed E-state index contributed by atoms with van der Waals surface area (Å²) in [5.41, 5.74) is 6.98. The van der Waals surface area contributed by atoms with Crippen molar-refractivity contribution >= 4 is 11.5 Å². The molecule has 0 radical (unpaired) electrons. The van der Waals surface area contributed by atoms with Crippen molar-refractivity contribution in [1.82, 2.24) is 9.97 Å². The molecule has 0 saturated carbocycles. The number of benzene rings is 1. The second-order valence-electron chi connectivity index (χ2n) is 4.44. The van der Waals surface area contributed by atoms with Gasteiger partial charge in [0.05, 0.1) is 11.0 Å². The second kappa shape index (κ2) is 5.12. The maximum Gasteiger partial charge on any atom is 0.276 e. The Balaban J connectivity index is 2.42. The van der Waals surface area contributed by atoms with E-state index in [4.69, 9.17) is 10.5 Å². The van der Waals surface area contributed by atoms with Crippen LogP contribution in [0.2, 0.25) is 0 Å². The topological polar surface area (TPSA) is 104 Å². The molecule has 0 saturated heterocycles. The van der Waals surface area contributed by atoms with E-state index in [0.29, 0.717) is 17.1 Å². The number of rotatable bonds is 3. The number of ether oxygens (including phenoxy) is 1. The molecule has 0 aliphatic carbocycles. The average Bonchev–Trinajstić information content (AvgIpc) is 2.30. The zero-order chi connectivity index (χ0) is 14.9. The molecule has 7 heteroatoms. The molecular formula is C13H14N4O3. The molecule has 0 atom stereocenters. The van der Waals surface area contributed by atoms with Crippen LogP contribution in [0.3, 0.4) is 0 Å². The lowest BCUT2D eigenvalue weighted by molar-refractivity contribution is -0.385. The molecule has 2 rings (SSSR count). The third-order valence-corrected chi connectivity index (χ3v) is 2.74. The van der Waals surface area contributed by atoms with Gasteiger partial charge in [0.1, 0.15) is 17.4 Å². The first-order valence-corrected chi connectivity index (χ1v) is 5.91. The smallest absolute Gasteiger partial charge is 0.276 e. The van der Waals surface area contributed by atoms with E-state index in [1.165, 1.54) is 12.1 Å². The zero-order valence-corrected chi connectivity index (χ0v) is 11.4. The summed E-state index contributed by atoms with van der Waals surface area (Å²) in [6.07, 6.45) is 0. The minimum atomic E-state index is -0.443. The van der Waals surface area contributed by atoms with Crippen LogP contribution in [-0.4, -0.2) is 14.9 Å². The van der Waals surface area contributed by atoms with Crippen LogP contribution in [0.5, 0.6) is 11.6 Å². The van der Waals surface area contributed by atoms with E-state index < -0.39 is 4.92 Å². The molecule has 1 aromatic carbocycles. The van der Waals surface area contributed by atoms with E-state index in [0.717, 1.165) is 5.56 Å². The molecule has 0 aliphatic rings. The maximum atomic E-state index is 11.0. The summed E-state index contributed by atoms with van der Waals surface area (Å²) >= 11 is 0. The van der Waals surface area contributed by atoms with Gasteiger partial charge in [-0.2, -0.15) is 4.98 Å². The van der Waals surface area contributed by atoms with Crippen LogP contribution in [0.1, 0.15) is 17.0 Å².